The van der Waals surface area contributed by atoms with Crippen LogP contribution in [-0.4, -0.2) is 39.6 Å². The predicted octanol–water partition coefficient (Wildman–Crippen LogP) is 1.71. The van der Waals surface area contributed by atoms with E-state index in [4.69, 9.17) is 16.7 Å². The number of halogens is 1. The minimum Gasteiger partial charge on any atom is -0.368 e. The number of nitrogens with two attached hydrogens (primary N) is 1. The van der Waals surface area contributed by atoms with Gasteiger partial charge in [-0.3, -0.25) is 4.98 Å². The summed E-state index contributed by atoms with van der Waals surface area (Å²) in [5, 5.41) is 5.98. The summed E-state index contributed by atoms with van der Waals surface area (Å²) in [6, 6.07) is 9.40. The number of aromatic nitrogens is 1. The summed E-state index contributed by atoms with van der Waals surface area (Å²) in [5.74, 6) is 0. The number of rotatable bonds is 3. The van der Waals surface area contributed by atoms with Crippen molar-refractivity contribution in [2.45, 2.75) is 4.90 Å². The van der Waals surface area contributed by atoms with Crippen molar-refractivity contribution in [2.75, 3.05) is 36.0 Å². The zero-order valence-electron chi connectivity index (χ0n) is 12.4. The monoisotopic (exact) mass is 352 g/mol. The Balaban J connectivity index is 1.78. The van der Waals surface area contributed by atoms with E-state index in [1.807, 2.05) is 29.2 Å². The maximum Gasteiger partial charge on any atom is 0.241 e. The molecule has 2 heterocycles. The van der Waals surface area contributed by atoms with E-state index in [0.717, 1.165) is 18.8 Å². The summed E-state index contributed by atoms with van der Waals surface area (Å²) in [5.41, 5.74) is 1.67. The Morgan fingerprint density at radius 1 is 1.09 bits per heavy atom. The molecule has 1 aliphatic rings. The number of primary sulfonamides is 1. The quantitative estimate of drug-likeness (QED) is 0.909. The maximum atomic E-state index is 11.7. The number of benzene rings is 1. The van der Waals surface area contributed by atoms with Gasteiger partial charge in [0.2, 0.25) is 10.0 Å². The van der Waals surface area contributed by atoms with Gasteiger partial charge in [0.25, 0.3) is 0 Å². The molecule has 0 saturated carbocycles. The number of nitrogens with zero attached hydrogens (tertiary/aromatic N) is 3. The molecule has 3 rings (SSSR count). The molecule has 1 aromatic carbocycles. The van der Waals surface area contributed by atoms with Crippen LogP contribution >= 0.6 is 11.6 Å². The number of pyridine rings is 1. The average molecular weight is 353 g/mol. The fourth-order valence-corrected chi connectivity index (χ4v) is 3.61. The molecule has 1 saturated heterocycles. The highest BCUT2D eigenvalue weighted by molar-refractivity contribution is 7.89. The second-order valence-electron chi connectivity index (χ2n) is 5.34. The number of anilines is 2. The highest BCUT2D eigenvalue weighted by Gasteiger charge is 2.23. The molecule has 0 unspecified atom stereocenters. The second-order valence-corrected chi connectivity index (χ2v) is 7.31. The van der Waals surface area contributed by atoms with Crippen LogP contribution in [0.25, 0.3) is 0 Å². The van der Waals surface area contributed by atoms with Gasteiger partial charge in [0.1, 0.15) is 4.90 Å². The molecule has 6 nitrogen and oxygen atoms in total. The van der Waals surface area contributed by atoms with E-state index >= 15 is 0 Å². The van der Waals surface area contributed by atoms with Crippen molar-refractivity contribution >= 4 is 33.0 Å². The number of hydrogen-bond donors (Lipinski definition) is 1. The summed E-state index contributed by atoms with van der Waals surface area (Å²) < 4.78 is 23.4. The lowest BCUT2D eigenvalue weighted by Crippen LogP contribution is -2.47. The minimum atomic E-state index is -3.79. The standard InChI is InChI=1S/C15H17ClN4O2S/c16-12-2-1-3-13(10-12)19-6-8-20(9-7-19)14-4-5-18-11-15(14)23(17,21)22/h1-5,10-11H,6-9H2,(H2,17,21,22). The molecule has 122 valence electrons. The van der Waals surface area contributed by atoms with Crippen molar-refractivity contribution in [3.63, 3.8) is 0 Å². The molecular weight excluding hydrogens is 336 g/mol. The first-order valence-electron chi connectivity index (χ1n) is 7.17. The van der Waals surface area contributed by atoms with E-state index in [-0.39, 0.29) is 4.90 Å². The zero-order chi connectivity index (χ0) is 16.4. The number of piperazine rings is 1. The molecule has 0 radical (unpaired) electrons. The van der Waals surface area contributed by atoms with Gasteiger partial charge in [-0.2, -0.15) is 0 Å². The Morgan fingerprint density at radius 3 is 2.43 bits per heavy atom. The van der Waals surface area contributed by atoms with Gasteiger partial charge < -0.3 is 9.80 Å². The first-order valence-corrected chi connectivity index (χ1v) is 9.10. The van der Waals surface area contributed by atoms with Gasteiger partial charge in [-0.15, -0.1) is 0 Å². The normalized spacial score (nSPS) is 15.7. The van der Waals surface area contributed by atoms with Gasteiger partial charge in [-0.1, -0.05) is 17.7 Å². The van der Waals surface area contributed by atoms with Gasteiger partial charge in [0.15, 0.2) is 0 Å². The maximum absolute atomic E-state index is 11.7. The SMILES string of the molecule is NS(=O)(=O)c1cnccc1N1CCN(c2cccc(Cl)c2)CC1. The van der Waals surface area contributed by atoms with Crippen molar-refractivity contribution in [1.82, 2.24) is 4.98 Å². The summed E-state index contributed by atoms with van der Waals surface area (Å²) in [7, 11) is -3.79. The van der Waals surface area contributed by atoms with Crippen molar-refractivity contribution in [3.05, 3.63) is 47.7 Å². The predicted molar refractivity (Wildman–Crippen MR) is 91.5 cm³/mol. The van der Waals surface area contributed by atoms with E-state index in [9.17, 15) is 8.42 Å². The Hall–Kier alpha value is -1.83. The molecule has 0 amide bonds. The van der Waals surface area contributed by atoms with Crippen LogP contribution < -0.4 is 14.9 Å². The first-order chi connectivity index (χ1) is 10.9. The largest absolute Gasteiger partial charge is 0.368 e. The third kappa shape index (κ3) is 3.57. The van der Waals surface area contributed by atoms with Gasteiger partial charge in [0.05, 0.1) is 5.69 Å². The van der Waals surface area contributed by atoms with Crippen molar-refractivity contribution in [3.8, 4) is 0 Å². The molecule has 2 aromatic rings. The summed E-state index contributed by atoms with van der Waals surface area (Å²) in [6.07, 6.45) is 2.88. The lowest BCUT2D eigenvalue weighted by Gasteiger charge is -2.37. The molecule has 1 fully saturated rings. The van der Waals surface area contributed by atoms with E-state index in [0.29, 0.717) is 23.8 Å². The van der Waals surface area contributed by atoms with E-state index in [1.54, 1.807) is 12.3 Å². The van der Waals surface area contributed by atoms with Crippen LogP contribution in [0.3, 0.4) is 0 Å². The topological polar surface area (TPSA) is 79.5 Å². The van der Waals surface area contributed by atoms with Crippen LogP contribution in [-0.2, 0) is 10.0 Å². The van der Waals surface area contributed by atoms with Crippen LogP contribution in [0.15, 0.2) is 47.6 Å². The molecule has 0 bridgehead atoms. The summed E-state index contributed by atoms with van der Waals surface area (Å²) >= 11 is 6.03. The lowest BCUT2D eigenvalue weighted by molar-refractivity contribution is 0.595. The molecule has 1 aromatic heterocycles. The fraction of sp³-hybridized carbons (Fsp3) is 0.267. The van der Waals surface area contributed by atoms with Gasteiger partial charge in [0, 0.05) is 49.3 Å². The van der Waals surface area contributed by atoms with Crippen molar-refractivity contribution < 1.29 is 8.42 Å². The highest BCUT2D eigenvalue weighted by atomic mass is 35.5. The van der Waals surface area contributed by atoms with Crippen LogP contribution in [0.5, 0.6) is 0 Å². The van der Waals surface area contributed by atoms with Crippen LogP contribution in [0, 0.1) is 0 Å². The highest BCUT2D eigenvalue weighted by Crippen LogP contribution is 2.26. The molecule has 2 N–H and O–H groups in total. The van der Waals surface area contributed by atoms with E-state index < -0.39 is 10.0 Å². The smallest absolute Gasteiger partial charge is 0.241 e. The van der Waals surface area contributed by atoms with Gasteiger partial charge in [-0.25, -0.2) is 13.6 Å². The van der Waals surface area contributed by atoms with Crippen LogP contribution in [0.4, 0.5) is 11.4 Å². The third-order valence-electron chi connectivity index (χ3n) is 3.86. The number of sulfonamides is 1. The van der Waals surface area contributed by atoms with Crippen LogP contribution in [0.1, 0.15) is 0 Å². The number of hydrogen-bond acceptors (Lipinski definition) is 5. The summed E-state index contributed by atoms with van der Waals surface area (Å²) in [4.78, 5) is 8.17. The van der Waals surface area contributed by atoms with Gasteiger partial charge >= 0.3 is 0 Å². The molecule has 0 atom stereocenters. The molecule has 0 spiro atoms. The van der Waals surface area contributed by atoms with Crippen LogP contribution in [0.2, 0.25) is 5.02 Å². The molecule has 1 aliphatic heterocycles. The fourth-order valence-electron chi connectivity index (χ4n) is 2.73. The van der Waals surface area contributed by atoms with Gasteiger partial charge in [-0.05, 0) is 24.3 Å². The van der Waals surface area contributed by atoms with E-state index in [2.05, 4.69) is 9.88 Å². The Kier molecular flexibility index (Phi) is 4.43. The average Bonchev–Trinajstić information content (AvgIpc) is 2.54. The molecule has 23 heavy (non-hydrogen) atoms. The Labute approximate surface area is 140 Å². The minimum absolute atomic E-state index is 0.0659. The first kappa shape index (κ1) is 16.0. The Morgan fingerprint density at radius 2 is 1.78 bits per heavy atom. The molecular formula is C15H17ClN4O2S. The third-order valence-corrected chi connectivity index (χ3v) is 5.03. The lowest BCUT2D eigenvalue weighted by atomic mass is 10.2. The molecule has 0 aliphatic carbocycles. The Bertz CT molecular complexity index is 805. The van der Waals surface area contributed by atoms with Crippen molar-refractivity contribution in [1.29, 1.82) is 0 Å². The second kappa shape index (κ2) is 6.35. The summed E-state index contributed by atoms with van der Waals surface area (Å²) in [6.45, 7) is 2.93. The van der Waals surface area contributed by atoms with Crippen molar-refractivity contribution in [2.24, 2.45) is 5.14 Å². The van der Waals surface area contributed by atoms with E-state index in [1.165, 1.54) is 6.20 Å². The molecule has 8 heteroatoms. The zero-order valence-corrected chi connectivity index (χ0v) is 14.0.